The average molecular weight is 509 g/mol. The van der Waals surface area contributed by atoms with Crippen molar-refractivity contribution in [3.05, 3.63) is 52.3 Å². The number of halogens is 1. The summed E-state index contributed by atoms with van der Waals surface area (Å²) in [5.74, 6) is 1.07. The zero-order chi connectivity index (χ0) is 26.3. The number of hydrogen-bond acceptors (Lipinski definition) is 4. The van der Waals surface area contributed by atoms with Gasteiger partial charge in [-0.15, -0.1) is 0 Å². The van der Waals surface area contributed by atoms with Crippen LogP contribution in [-0.4, -0.2) is 43.3 Å². The van der Waals surface area contributed by atoms with Gasteiger partial charge in [-0.2, -0.15) is 0 Å². The number of carbonyl (C=O) groups excluding carboxylic acids is 1. The Hall–Kier alpha value is -2.60. The van der Waals surface area contributed by atoms with Crippen LogP contribution in [0.15, 0.2) is 24.3 Å². The summed E-state index contributed by atoms with van der Waals surface area (Å²) in [4.78, 5) is 15.4. The number of piperidine rings is 3. The smallest absolute Gasteiger partial charge is 0.407 e. The van der Waals surface area contributed by atoms with Crippen LogP contribution in [0.1, 0.15) is 74.8 Å². The predicted molar refractivity (Wildman–Crippen MR) is 145 cm³/mol. The highest BCUT2D eigenvalue weighted by atomic mass is 19.1. The minimum atomic E-state index is -0.386. The number of nitrogens with zero attached hydrogens (tertiary/aromatic N) is 1. The summed E-state index contributed by atoms with van der Waals surface area (Å²) >= 11 is 0. The number of alkyl carbamates (subject to hydrolysis) is 1. The van der Waals surface area contributed by atoms with E-state index in [2.05, 4.69) is 31.0 Å². The molecule has 2 atom stereocenters. The van der Waals surface area contributed by atoms with E-state index in [1.165, 1.54) is 0 Å². The number of ether oxygens (including phenoxy) is 2. The van der Waals surface area contributed by atoms with Crippen molar-refractivity contribution in [3.63, 3.8) is 0 Å². The number of carbonyl (C=O) groups is 1. The Morgan fingerprint density at radius 1 is 1.14 bits per heavy atom. The van der Waals surface area contributed by atoms with E-state index in [0.717, 1.165) is 85.3 Å². The fraction of sp³-hybridized carbons (Fsp3) is 0.581. The van der Waals surface area contributed by atoms with Gasteiger partial charge in [-0.05, 0) is 122 Å². The molecule has 3 saturated heterocycles. The molecule has 1 N–H and O–H groups in total. The molecule has 2 aromatic rings. The third-order valence-electron chi connectivity index (χ3n) is 8.70. The molecule has 1 amide bonds. The van der Waals surface area contributed by atoms with Gasteiger partial charge in [0.2, 0.25) is 0 Å². The lowest BCUT2D eigenvalue weighted by Gasteiger charge is -2.44. The Morgan fingerprint density at radius 2 is 1.84 bits per heavy atom. The molecule has 6 rings (SSSR count). The predicted octanol–water partition coefficient (Wildman–Crippen LogP) is 6.73. The Kier molecular flexibility index (Phi) is 7.23. The maximum Gasteiger partial charge on any atom is 0.407 e. The molecule has 4 aliphatic rings. The molecular weight excluding hydrogens is 467 g/mol. The van der Waals surface area contributed by atoms with Crippen LogP contribution >= 0.6 is 0 Å². The lowest BCUT2D eigenvalue weighted by molar-refractivity contribution is -0.0353. The van der Waals surface area contributed by atoms with E-state index >= 15 is 4.39 Å². The quantitative estimate of drug-likeness (QED) is 0.470. The summed E-state index contributed by atoms with van der Waals surface area (Å²) in [5.41, 5.74) is 5.22. The van der Waals surface area contributed by atoms with Crippen LogP contribution in [0.4, 0.5) is 9.18 Å². The summed E-state index contributed by atoms with van der Waals surface area (Å²) in [7, 11) is 0. The standard InChI is InChI=1S/C31H41FN2O3/c1-6-13-36-28-19(2)14-23(15-20(28)3)24-16-22-7-10-31(4,5)29(25(22)17-26(24)32)33-30(35)37-27-18-34-11-8-21(27)9-12-34/h14-17,21,27,29H,6-13,18H2,1-5H3,(H,33,35)/t27-,29-/m0/s1. The monoisotopic (exact) mass is 508 g/mol. The van der Waals surface area contributed by atoms with Crippen molar-refractivity contribution < 1.29 is 18.7 Å². The van der Waals surface area contributed by atoms with Gasteiger partial charge in [-0.3, -0.25) is 4.90 Å². The Morgan fingerprint density at radius 3 is 2.46 bits per heavy atom. The van der Waals surface area contributed by atoms with Gasteiger partial charge in [0.15, 0.2) is 0 Å². The Bertz CT molecular complexity index is 1150. The van der Waals surface area contributed by atoms with E-state index in [4.69, 9.17) is 9.47 Å². The first-order valence-corrected chi connectivity index (χ1v) is 13.9. The molecule has 6 heteroatoms. The molecule has 3 heterocycles. The summed E-state index contributed by atoms with van der Waals surface area (Å²) in [6.45, 7) is 14.1. The van der Waals surface area contributed by atoms with Crippen molar-refractivity contribution in [2.45, 2.75) is 78.9 Å². The van der Waals surface area contributed by atoms with Crippen molar-refractivity contribution in [1.82, 2.24) is 10.2 Å². The first kappa shape index (κ1) is 26.0. The van der Waals surface area contributed by atoms with Crippen molar-refractivity contribution in [3.8, 4) is 16.9 Å². The maximum atomic E-state index is 15.7. The fourth-order valence-electron chi connectivity index (χ4n) is 6.51. The molecule has 2 bridgehead atoms. The summed E-state index contributed by atoms with van der Waals surface area (Å²) < 4.78 is 27.5. The van der Waals surface area contributed by atoms with Gasteiger partial charge in [0.25, 0.3) is 0 Å². The van der Waals surface area contributed by atoms with Gasteiger partial charge < -0.3 is 14.8 Å². The summed E-state index contributed by atoms with van der Waals surface area (Å²) in [5, 5.41) is 3.14. The van der Waals surface area contributed by atoms with Crippen molar-refractivity contribution in [1.29, 1.82) is 0 Å². The molecule has 1 aliphatic carbocycles. The number of aryl methyl sites for hydroxylation is 3. The van der Waals surface area contributed by atoms with Crippen LogP contribution in [0.5, 0.6) is 5.75 Å². The highest BCUT2D eigenvalue weighted by Gasteiger charge is 2.40. The molecule has 3 aliphatic heterocycles. The van der Waals surface area contributed by atoms with E-state index in [-0.39, 0.29) is 29.5 Å². The first-order chi connectivity index (χ1) is 17.7. The second kappa shape index (κ2) is 10.3. The second-order valence-electron chi connectivity index (χ2n) is 12.0. The molecule has 2 aromatic carbocycles. The van der Waals surface area contributed by atoms with Crippen LogP contribution in [0, 0.1) is 31.0 Å². The number of nitrogens with one attached hydrogen (secondary N) is 1. The molecule has 200 valence electrons. The average Bonchev–Trinajstić information content (AvgIpc) is 2.86. The van der Waals surface area contributed by atoms with E-state index in [1.807, 2.05) is 32.0 Å². The molecule has 5 nitrogen and oxygen atoms in total. The van der Waals surface area contributed by atoms with Gasteiger partial charge in [0.05, 0.1) is 12.6 Å². The van der Waals surface area contributed by atoms with Gasteiger partial charge in [-0.1, -0.05) is 20.8 Å². The molecule has 3 fully saturated rings. The van der Waals surface area contributed by atoms with Crippen LogP contribution in [-0.2, 0) is 11.2 Å². The number of fused-ring (bicyclic) bond motifs is 4. The largest absolute Gasteiger partial charge is 0.493 e. The van der Waals surface area contributed by atoms with E-state index in [1.54, 1.807) is 6.07 Å². The number of amides is 1. The third kappa shape index (κ3) is 5.22. The molecule has 0 aromatic heterocycles. The van der Waals surface area contributed by atoms with E-state index in [9.17, 15) is 4.79 Å². The van der Waals surface area contributed by atoms with Crippen LogP contribution < -0.4 is 10.1 Å². The highest BCUT2D eigenvalue weighted by molar-refractivity contribution is 5.71. The zero-order valence-corrected chi connectivity index (χ0v) is 23.0. The number of hydrogen-bond donors (Lipinski definition) is 1. The second-order valence-corrected chi connectivity index (χ2v) is 12.0. The topological polar surface area (TPSA) is 50.8 Å². The normalized spacial score (nSPS) is 25.9. The van der Waals surface area contributed by atoms with Gasteiger partial charge >= 0.3 is 6.09 Å². The number of rotatable bonds is 6. The molecule has 0 radical (unpaired) electrons. The van der Waals surface area contributed by atoms with Crippen molar-refractivity contribution in [2.75, 3.05) is 26.2 Å². The minimum Gasteiger partial charge on any atom is -0.493 e. The molecule has 37 heavy (non-hydrogen) atoms. The third-order valence-corrected chi connectivity index (χ3v) is 8.70. The van der Waals surface area contributed by atoms with E-state index in [0.29, 0.717) is 18.1 Å². The molecule has 0 unspecified atom stereocenters. The van der Waals surface area contributed by atoms with Gasteiger partial charge in [-0.25, -0.2) is 9.18 Å². The van der Waals surface area contributed by atoms with E-state index < -0.39 is 0 Å². The number of benzene rings is 2. The highest BCUT2D eigenvalue weighted by Crippen LogP contribution is 2.45. The summed E-state index contributed by atoms with van der Waals surface area (Å²) in [6.07, 6.45) is 4.43. The maximum absolute atomic E-state index is 15.7. The molecule has 0 saturated carbocycles. The van der Waals surface area contributed by atoms with Crippen LogP contribution in [0.25, 0.3) is 11.1 Å². The Balaban J connectivity index is 1.39. The summed E-state index contributed by atoms with van der Waals surface area (Å²) in [6, 6.07) is 7.33. The molecule has 0 spiro atoms. The fourth-order valence-corrected chi connectivity index (χ4v) is 6.51. The Labute approximate surface area is 220 Å². The van der Waals surface area contributed by atoms with Crippen LogP contribution in [0.3, 0.4) is 0 Å². The molecular formula is C31H41FN2O3. The van der Waals surface area contributed by atoms with Gasteiger partial charge in [0.1, 0.15) is 17.7 Å². The lowest BCUT2D eigenvalue weighted by Crippen LogP contribution is -2.53. The van der Waals surface area contributed by atoms with Crippen molar-refractivity contribution in [2.24, 2.45) is 11.3 Å². The first-order valence-electron chi connectivity index (χ1n) is 13.9. The van der Waals surface area contributed by atoms with Crippen LogP contribution in [0.2, 0.25) is 0 Å². The van der Waals surface area contributed by atoms with Gasteiger partial charge in [0, 0.05) is 12.1 Å². The minimum absolute atomic E-state index is 0.0523. The zero-order valence-electron chi connectivity index (χ0n) is 23.0. The van der Waals surface area contributed by atoms with Crippen molar-refractivity contribution >= 4 is 6.09 Å². The lowest BCUT2D eigenvalue weighted by atomic mass is 9.70. The SMILES string of the molecule is CCCOc1c(C)cc(-c2cc3c(cc2F)[C@H](NC(=O)O[C@H]2CN4CCC2CC4)C(C)(C)CC3)cc1C.